The van der Waals surface area contributed by atoms with Crippen molar-refractivity contribution in [2.24, 2.45) is 0 Å². The summed E-state index contributed by atoms with van der Waals surface area (Å²) in [4.78, 5) is 18.3. The zero-order valence-corrected chi connectivity index (χ0v) is 13.4. The first-order valence-corrected chi connectivity index (χ1v) is 8.09. The van der Waals surface area contributed by atoms with Crippen molar-refractivity contribution in [3.05, 3.63) is 59.8 Å². The number of aryl methyl sites for hydroxylation is 1. The summed E-state index contributed by atoms with van der Waals surface area (Å²) in [5.74, 6) is 0.598. The number of hydrogen-bond donors (Lipinski definition) is 0. The van der Waals surface area contributed by atoms with E-state index in [-0.39, 0.29) is 12.0 Å². The van der Waals surface area contributed by atoms with E-state index in [1.165, 1.54) is 5.56 Å². The van der Waals surface area contributed by atoms with Gasteiger partial charge in [-0.05, 0) is 18.1 Å². The Hall–Kier alpha value is -2.87. The molecule has 0 N–H and O–H groups in total. The van der Waals surface area contributed by atoms with Gasteiger partial charge in [0.1, 0.15) is 6.10 Å². The second kappa shape index (κ2) is 7.60. The van der Waals surface area contributed by atoms with Crippen LogP contribution in [0.15, 0.2) is 48.7 Å². The van der Waals surface area contributed by atoms with Gasteiger partial charge in [-0.2, -0.15) is 5.26 Å². The molecule has 5 heteroatoms. The van der Waals surface area contributed by atoms with E-state index in [4.69, 9.17) is 10.00 Å². The van der Waals surface area contributed by atoms with Crippen molar-refractivity contribution in [1.82, 2.24) is 9.88 Å². The Labute approximate surface area is 141 Å². The lowest BCUT2D eigenvalue weighted by Gasteiger charge is -2.17. The normalized spacial score (nSPS) is 16.6. The van der Waals surface area contributed by atoms with Gasteiger partial charge in [-0.15, -0.1) is 0 Å². The summed E-state index contributed by atoms with van der Waals surface area (Å²) in [5.41, 5.74) is 1.70. The largest absolute Gasteiger partial charge is 0.472 e. The third-order valence-electron chi connectivity index (χ3n) is 4.12. The first-order valence-electron chi connectivity index (χ1n) is 8.09. The maximum atomic E-state index is 12.3. The Morgan fingerprint density at radius 1 is 1.33 bits per heavy atom. The molecule has 24 heavy (non-hydrogen) atoms. The number of carbonyl (C=O) groups is 1. The van der Waals surface area contributed by atoms with Crippen molar-refractivity contribution in [1.29, 1.82) is 5.26 Å². The Bertz CT molecular complexity index is 740. The number of carbonyl (C=O) groups excluding carboxylic acids is 1. The third kappa shape index (κ3) is 4.11. The molecular formula is C19H19N3O2. The monoisotopic (exact) mass is 321 g/mol. The molecule has 3 rings (SSSR count). The van der Waals surface area contributed by atoms with Crippen LogP contribution in [-0.4, -0.2) is 35.0 Å². The summed E-state index contributed by atoms with van der Waals surface area (Å²) in [6, 6.07) is 15.4. The van der Waals surface area contributed by atoms with Crippen molar-refractivity contribution >= 4 is 5.91 Å². The van der Waals surface area contributed by atoms with Crippen molar-refractivity contribution < 1.29 is 9.53 Å². The Kier molecular flexibility index (Phi) is 5.07. The molecule has 5 nitrogen and oxygen atoms in total. The predicted octanol–water partition coefficient (Wildman–Crippen LogP) is 2.57. The molecule has 1 saturated heterocycles. The van der Waals surface area contributed by atoms with Gasteiger partial charge in [0.15, 0.2) is 0 Å². The van der Waals surface area contributed by atoms with E-state index in [9.17, 15) is 4.79 Å². The van der Waals surface area contributed by atoms with Crippen LogP contribution < -0.4 is 4.74 Å². The molecular weight excluding hydrogens is 302 g/mol. The molecule has 0 saturated carbocycles. The molecule has 2 aromatic rings. The highest BCUT2D eigenvalue weighted by atomic mass is 16.5. The number of likely N-dealkylation sites (tertiary alicyclic amines) is 1. The third-order valence-corrected chi connectivity index (χ3v) is 4.12. The molecule has 1 fully saturated rings. The standard InChI is InChI=1S/C19H19N3O2/c20-13-16-8-10-21-18(12-16)24-17-9-11-22(14-17)19(23)7-6-15-4-2-1-3-5-15/h1-5,8,10,12,17H,6-7,9,11,14H2. The van der Waals surface area contributed by atoms with Crippen LogP contribution in [0.25, 0.3) is 0 Å². The van der Waals surface area contributed by atoms with Gasteiger partial charge >= 0.3 is 0 Å². The van der Waals surface area contributed by atoms with Gasteiger partial charge < -0.3 is 9.64 Å². The Morgan fingerprint density at radius 3 is 2.96 bits per heavy atom. The predicted molar refractivity (Wildman–Crippen MR) is 89.3 cm³/mol. The molecule has 0 radical (unpaired) electrons. The highest BCUT2D eigenvalue weighted by Gasteiger charge is 2.27. The molecule has 1 aliphatic heterocycles. The Balaban J connectivity index is 1.49. The minimum atomic E-state index is -0.0629. The fourth-order valence-corrected chi connectivity index (χ4v) is 2.82. The molecule has 0 aliphatic carbocycles. The van der Waals surface area contributed by atoms with E-state index in [0.717, 1.165) is 12.8 Å². The highest BCUT2D eigenvalue weighted by molar-refractivity contribution is 5.76. The molecule has 122 valence electrons. The van der Waals surface area contributed by atoms with E-state index in [1.807, 2.05) is 35.2 Å². The lowest BCUT2D eigenvalue weighted by molar-refractivity contribution is -0.130. The van der Waals surface area contributed by atoms with E-state index in [2.05, 4.69) is 11.1 Å². The maximum Gasteiger partial charge on any atom is 0.223 e. The number of amides is 1. The summed E-state index contributed by atoms with van der Waals surface area (Å²) in [7, 11) is 0. The molecule has 1 atom stereocenters. The molecule has 1 unspecified atom stereocenters. The average molecular weight is 321 g/mol. The van der Waals surface area contributed by atoms with Crippen LogP contribution >= 0.6 is 0 Å². The molecule has 1 aromatic heterocycles. The van der Waals surface area contributed by atoms with Crippen LogP contribution in [0.5, 0.6) is 5.88 Å². The molecule has 0 spiro atoms. The van der Waals surface area contributed by atoms with Crippen molar-refractivity contribution in [3.63, 3.8) is 0 Å². The zero-order chi connectivity index (χ0) is 16.8. The highest BCUT2D eigenvalue weighted by Crippen LogP contribution is 2.18. The summed E-state index contributed by atoms with van der Waals surface area (Å²) in [6.07, 6.45) is 3.56. The van der Waals surface area contributed by atoms with E-state index in [0.29, 0.717) is 31.0 Å². The Morgan fingerprint density at radius 2 is 2.17 bits per heavy atom. The smallest absolute Gasteiger partial charge is 0.223 e. The van der Waals surface area contributed by atoms with Gasteiger partial charge in [-0.25, -0.2) is 4.98 Å². The second-order valence-electron chi connectivity index (χ2n) is 5.85. The summed E-state index contributed by atoms with van der Waals surface area (Å²) >= 11 is 0. The number of aromatic nitrogens is 1. The van der Waals surface area contributed by atoms with Gasteiger partial charge in [0.2, 0.25) is 11.8 Å². The van der Waals surface area contributed by atoms with E-state index >= 15 is 0 Å². The van der Waals surface area contributed by atoms with Gasteiger partial charge in [-0.3, -0.25) is 4.79 Å². The maximum absolute atomic E-state index is 12.3. The second-order valence-corrected chi connectivity index (χ2v) is 5.85. The average Bonchev–Trinajstić information content (AvgIpc) is 3.09. The van der Waals surface area contributed by atoms with Crippen molar-refractivity contribution in [3.8, 4) is 11.9 Å². The topological polar surface area (TPSA) is 66.2 Å². The number of hydrogen-bond acceptors (Lipinski definition) is 4. The number of nitrogens with zero attached hydrogens (tertiary/aromatic N) is 3. The van der Waals surface area contributed by atoms with Crippen LogP contribution in [0.4, 0.5) is 0 Å². The number of pyridine rings is 1. The van der Waals surface area contributed by atoms with Gasteiger partial charge in [0.25, 0.3) is 0 Å². The summed E-state index contributed by atoms with van der Waals surface area (Å²) in [6.45, 7) is 1.28. The molecule has 1 aromatic carbocycles. The number of ether oxygens (including phenoxy) is 1. The number of rotatable bonds is 5. The minimum absolute atomic E-state index is 0.0629. The van der Waals surface area contributed by atoms with Crippen LogP contribution in [0.3, 0.4) is 0 Å². The fourth-order valence-electron chi connectivity index (χ4n) is 2.82. The SMILES string of the molecule is N#Cc1ccnc(OC2CCN(C(=O)CCc3ccccc3)C2)c1. The van der Waals surface area contributed by atoms with Gasteiger partial charge in [0, 0.05) is 31.6 Å². The first kappa shape index (κ1) is 16.0. The number of benzene rings is 1. The fraction of sp³-hybridized carbons (Fsp3) is 0.316. The van der Waals surface area contributed by atoms with Crippen molar-refractivity contribution in [2.45, 2.75) is 25.4 Å². The van der Waals surface area contributed by atoms with E-state index < -0.39 is 0 Å². The van der Waals surface area contributed by atoms with Gasteiger partial charge in [0.05, 0.1) is 18.2 Å². The summed E-state index contributed by atoms with van der Waals surface area (Å²) in [5, 5.41) is 8.90. The first-order chi connectivity index (χ1) is 11.7. The molecule has 0 bridgehead atoms. The van der Waals surface area contributed by atoms with Crippen molar-refractivity contribution in [2.75, 3.05) is 13.1 Å². The number of nitriles is 1. The molecule has 2 heterocycles. The van der Waals surface area contributed by atoms with Crippen LogP contribution in [0.2, 0.25) is 0 Å². The quantitative estimate of drug-likeness (QED) is 0.849. The van der Waals surface area contributed by atoms with Crippen LogP contribution in [-0.2, 0) is 11.2 Å². The minimum Gasteiger partial charge on any atom is -0.472 e. The van der Waals surface area contributed by atoms with Crippen LogP contribution in [0, 0.1) is 11.3 Å². The lowest BCUT2D eigenvalue weighted by atomic mass is 10.1. The van der Waals surface area contributed by atoms with E-state index in [1.54, 1.807) is 18.3 Å². The molecule has 1 amide bonds. The van der Waals surface area contributed by atoms with Crippen LogP contribution in [0.1, 0.15) is 24.0 Å². The van der Waals surface area contributed by atoms with Gasteiger partial charge in [-0.1, -0.05) is 30.3 Å². The summed E-state index contributed by atoms with van der Waals surface area (Å²) < 4.78 is 5.80. The zero-order valence-electron chi connectivity index (χ0n) is 13.4. The molecule has 1 aliphatic rings. The lowest BCUT2D eigenvalue weighted by Crippen LogP contribution is -2.31.